The second-order valence-corrected chi connectivity index (χ2v) is 8.72. The minimum absolute atomic E-state index is 0.0439. The summed E-state index contributed by atoms with van der Waals surface area (Å²) in [6.07, 6.45) is 2.21. The van der Waals surface area contributed by atoms with E-state index in [9.17, 15) is 13.2 Å². The first-order valence-electron chi connectivity index (χ1n) is 9.38. The number of fused-ring (bicyclic) bond motifs is 1. The van der Waals surface area contributed by atoms with Crippen molar-refractivity contribution in [3.8, 4) is 5.75 Å². The van der Waals surface area contributed by atoms with Crippen molar-refractivity contribution in [3.05, 3.63) is 47.0 Å². The molecule has 150 valence electrons. The second kappa shape index (κ2) is 7.83. The smallest absolute Gasteiger partial charge is 0.261 e. The van der Waals surface area contributed by atoms with Crippen molar-refractivity contribution in [1.29, 1.82) is 0 Å². The van der Waals surface area contributed by atoms with Gasteiger partial charge in [0.15, 0.2) is 0 Å². The van der Waals surface area contributed by atoms with Gasteiger partial charge in [-0.3, -0.25) is 9.52 Å². The van der Waals surface area contributed by atoms with Crippen molar-refractivity contribution in [1.82, 2.24) is 0 Å². The van der Waals surface area contributed by atoms with Crippen LogP contribution < -0.4 is 14.4 Å². The molecule has 7 heteroatoms. The maximum absolute atomic E-state index is 12.9. The lowest BCUT2D eigenvalue weighted by Gasteiger charge is -2.30. The molecular formula is C21H26N2O4S. The SMILES string of the molecule is CCC(=O)N1CCCc2ccc(NS(=O)(=O)c3cc(C)c(OC)c(C)c3)cc21. The maximum Gasteiger partial charge on any atom is 0.261 e. The molecule has 1 heterocycles. The topological polar surface area (TPSA) is 75.7 Å². The number of amides is 1. The van der Waals surface area contributed by atoms with Crippen LogP contribution in [-0.2, 0) is 21.2 Å². The summed E-state index contributed by atoms with van der Waals surface area (Å²) in [7, 11) is -2.19. The van der Waals surface area contributed by atoms with E-state index in [1.54, 1.807) is 36.3 Å². The molecule has 28 heavy (non-hydrogen) atoms. The number of sulfonamides is 1. The van der Waals surface area contributed by atoms with Crippen molar-refractivity contribution in [2.75, 3.05) is 23.3 Å². The third-order valence-electron chi connectivity index (χ3n) is 5.01. The third kappa shape index (κ3) is 3.85. The number of hydrogen-bond donors (Lipinski definition) is 1. The average Bonchev–Trinajstić information content (AvgIpc) is 2.66. The number of rotatable bonds is 5. The molecule has 2 aromatic rings. The fourth-order valence-corrected chi connectivity index (χ4v) is 4.91. The Morgan fingerprint density at radius 1 is 1.18 bits per heavy atom. The number of nitrogens with zero attached hydrogens (tertiary/aromatic N) is 1. The second-order valence-electron chi connectivity index (χ2n) is 7.04. The number of carbonyl (C=O) groups is 1. The predicted octanol–water partition coefficient (Wildman–Crippen LogP) is 3.80. The van der Waals surface area contributed by atoms with Gasteiger partial charge < -0.3 is 9.64 Å². The Bertz CT molecular complexity index is 992. The van der Waals surface area contributed by atoms with Crippen LogP contribution in [0.4, 0.5) is 11.4 Å². The molecular weight excluding hydrogens is 376 g/mol. The monoisotopic (exact) mass is 402 g/mol. The quantitative estimate of drug-likeness (QED) is 0.825. The van der Waals surface area contributed by atoms with E-state index in [1.807, 2.05) is 26.8 Å². The predicted molar refractivity (Wildman–Crippen MR) is 111 cm³/mol. The molecule has 0 saturated heterocycles. The van der Waals surface area contributed by atoms with E-state index in [-0.39, 0.29) is 10.8 Å². The highest BCUT2D eigenvalue weighted by atomic mass is 32.2. The van der Waals surface area contributed by atoms with Crippen molar-refractivity contribution in [2.24, 2.45) is 0 Å². The van der Waals surface area contributed by atoms with Crippen LogP contribution >= 0.6 is 0 Å². The lowest BCUT2D eigenvalue weighted by atomic mass is 10.0. The van der Waals surface area contributed by atoms with E-state index >= 15 is 0 Å². The summed E-state index contributed by atoms with van der Waals surface area (Å²) in [5, 5.41) is 0. The van der Waals surface area contributed by atoms with Crippen LogP contribution in [0, 0.1) is 13.8 Å². The first-order valence-corrected chi connectivity index (χ1v) is 10.9. The number of carbonyl (C=O) groups excluding carboxylic acids is 1. The van der Waals surface area contributed by atoms with Crippen LogP contribution in [0.5, 0.6) is 5.75 Å². The Balaban J connectivity index is 1.94. The molecule has 2 aromatic carbocycles. The number of ether oxygens (including phenoxy) is 1. The van der Waals surface area contributed by atoms with Gasteiger partial charge in [0.05, 0.1) is 17.7 Å². The number of aryl methyl sites for hydroxylation is 3. The van der Waals surface area contributed by atoms with Gasteiger partial charge in [0.1, 0.15) is 5.75 Å². The molecule has 0 spiro atoms. The molecule has 0 bridgehead atoms. The lowest BCUT2D eigenvalue weighted by molar-refractivity contribution is -0.118. The highest BCUT2D eigenvalue weighted by Gasteiger charge is 2.23. The van der Waals surface area contributed by atoms with E-state index in [2.05, 4.69) is 4.72 Å². The third-order valence-corrected chi connectivity index (χ3v) is 6.37. The molecule has 1 amide bonds. The van der Waals surface area contributed by atoms with Gasteiger partial charge in [0.25, 0.3) is 10.0 Å². The molecule has 0 unspecified atom stereocenters. The minimum atomic E-state index is -3.76. The van der Waals surface area contributed by atoms with E-state index < -0.39 is 10.0 Å². The molecule has 0 atom stereocenters. The molecule has 6 nitrogen and oxygen atoms in total. The molecule has 0 aliphatic carbocycles. The summed E-state index contributed by atoms with van der Waals surface area (Å²) in [4.78, 5) is 14.2. The van der Waals surface area contributed by atoms with Gasteiger partial charge in [-0.2, -0.15) is 0 Å². The summed E-state index contributed by atoms with van der Waals surface area (Å²) >= 11 is 0. The fraction of sp³-hybridized carbons (Fsp3) is 0.381. The standard InChI is InChI=1S/C21H26N2O4S/c1-5-20(24)23-10-6-7-16-8-9-17(13-19(16)23)22-28(25,26)18-11-14(2)21(27-4)15(3)12-18/h8-9,11-13,22H,5-7,10H2,1-4H3. The van der Waals surface area contributed by atoms with Gasteiger partial charge in [0.2, 0.25) is 5.91 Å². The van der Waals surface area contributed by atoms with Crippen molar-refractivity contribution < 1.29 is 17.9 Å². The zero-order valence-electron chi connectivity index (χ0n) is 16.7. The van der Waals surface area contributed by atoms with Crippen LogP contribution in [0.2, 0.25) is 0 Å². The van der Waals surface area contributed by atoms with Gasteiger partial charge in [-0.15, -0.1) is 0 Å². The summed E-state index contributed by atoms with van der Waals surface area (Å²) in [6, 6.07) is 8.59. The number of methoxy groups -OCH3 is 1. The molecule has 0 aromatic heterocycles. The van der Waals surface area contributed by atoms with E-state index in [1.165, 1.54) is 0 Å². The van der Waals surface area contributed by atoms with Gasteiger partial charge in [0, 0.05) is 18.7 Å². The Labute approximate surface area is 166 Å². The Hall–Kier alpha value is -2.54. The zero-order valence-corrected chi connectivity index (χ0v) is 17.5. The number of nitrogens with one attached hydrogen (secondary N) is 1. The van der Waals surface area contributed by atoms with Crippen LogP contribution in [0.1, 0.15) is 36.5 Å². The van der Waals surface area contributed by atoms with Crippen molar-refractivity contribution in [3.63, 3.8) is 0 Å². The van der Waals surface area contributed by atoms with Crippen molar-refractivity contribution in [2.45, 2.75) is 44.9 Å². The minimum Gasteiger partial charge on any atom is -0.496 e. The highest BCUT2D eigenvalue weighted by Crippen LogP contribution is 2.32. The summed E-state index contributed by atoms with van der Waals surface area (Å²) in [6.45, 7) is 6.13. The van der Waals surface area contributed by atoms with Crippen LogP contribution in [0.3, 0.4) is 0 Å². The Kier molecular flexibility index (Phi) is 5.65. The van der Waals surface area contributed by atoms with E-state index in [0.29, 0.717) is 24.4 Å². The maximum atomic E-state index is 12.9. The summed E-state index contributed by atoms with van der Waals surface area (Å²) in [5.41, 5.74) is 3.81. The molecule has 1 aliphatic rings. The highest BCUT2D eigenvalue weighted by molar-refractivity contribution is 7.92. The molecule has 0 fully saturated rings. The Morgan fingerprint density at radius 2 is 1.86 bits per heavy atom. The van der Waals surface area contributed by atoms with Gasteiger partial charge in [-0.25, -0.2) is 8.42 Å². The van der Waals surface area contributed by atoms with Crippen molar-refractivity contribution >= 4 is 27.3 Å². The first-order chi connectivity index (χ1) is 13.3. The number of benzene rings is 2. The normalized spacial score (nSPS) is 13.8. The fourth-order valence-electron chi connectivity index (χ4n) is 3.69. The summed E-state index contributed by atoms with van der Waals surface area (Å²) < 4.78 is 33.8. The molecule has 3 rings (SSSR count). The van der Waals surface area contributed by atoms with Gasteiger partial charge >= 0.3 is 0 Å². The largest absolute Gasteiger partial charge is 0.496 e. The molecule has 0 radical (unpaired) electrons. The van der Waals surface area contributed by atoms with Crippen LogP contribution in [0.25, 0.3) is 0 Å². The summed E-state index contributed by atoms with van der Waals surface area (Å²) in [5.74, 6) is 0.726. The number of hydrogen-bond acceptors (Lipinski definition) is 4. The average molecular weight is 403 g/mol. The van der Waals surface area contributed by atoms with E-state index in [0.717, 1.165) is 35.2 Å². The number of anilines is 2. The first kappa shape index (κ1) is 20.2. The zero-order chi connectivity index (χ0) is 20.5. The molecule has 0 saturated carbocycles. The van der Waals surface area contributed by atoms with Crippen LogP contribution in [-0.4, -0.2) is 28.0 Å². The van der Waals surface area contributed by atoms with Gasteiger partial charge in [-0.1, -0.05) is 13.0 Å². The molecule has 1 N–H and O–H groups in total. The molecule has 1 aliphatic heterocycles. The van der Waals surface area contributed by atoms with E-state index in [4.69, 9.17) is 4.74 Å². The van der Waals surface area contributed by atoms with Gasteiger partial charge in [-0.05, 0) is 67.6 Å². The van der Waals surface area contributed by atoms with Crippen LogP contribution in [0.15, 0.2) is 35.2 Å². The Morgan fingerprint density at radius 3 is 2.46 bits per heavy atom. The lowest BCUT2D eigenvalue weighted by Crippen LogP contribution is -2.35.